The fourth-order valence-electron chi connectivity index (χ4n) is 2.83. The van der Waals surface area contributed by atoms with Crippen molar-refractivity contribution < 1.29 is 14.0 Å². The van der Waals surface area contributed by atoms with Gasteiger partial charge in [0.05, 0.1) is 6.54 Å². The number of carbonyl (C=O) groups excluding carboxylic acids is 2. The monoisotopic (exact) mass is 301 g/mol. The molecule has 6 heteroatoms. The Bertz CT molecular complexity index is 702. The van der Waals surface area contributed by atoms with Gasteiger partial charge in [0.1, 0.15) is 5.52 Å². The molecule has 1 heterocycles. The summed E-state index contributed by atoms with van der Waals surface area (Å²) in [5.41, 5.74) is 2.02. The van der Waals surface area contributed by atoms with Crippen molar-refractivity contribution in [3.63, 3.8) is 0 Å². The molecule has 2 amide bonds. The van der Waals surface area contributed by atoms with Crippen LogP contribution in [0.5, 0.6) is 0 Å². The second kappa shape index (κ2) is 6.17. The quantitative estimate of drug-likeness (QED) is 0.908. The summed E-state index contributed by atoms with van der Waals surface area (Å²) >= 11 is 0. The van der Waals surface area contributed by atoms with Crippen LogP contribution in [0.4, 0.5) is 5.69 Å². The van der Waals surface area contributed by atoms with Crippen molar-refractivity contribution in [2.24, 2.45) is 5.92 Å². The molecule has 22 heavy (non-hydrogen) atoms. The minimum absolute atomic E-state index is 0.00872. The highest BCUT2D eigenvalue weighted by atomic mass is 16.3. The van der Waals surface area contributed by atoms with Crippen LogP contribution in [0, 0.1) is 12.8 Å². The largest absolute Gasteiger partial charge is 0.441 e. The minimum Gasteiger partial charge on any atom is -0.441 e. The molecule has 1 aromatic carbocycles. The van der Waals surface area contributed by atoms with E-state index in [1.54, 1.807) is 25.1 Å². The van der Waals surface area contributed by atoms with Gasteiger partial charge in [-0.15, -0.1) is 0 Å². The van der Waals surface area contributed by atoms with E-state index in [2.05, 4.69) is 15.6 Å². The molecule has 0 spiro atoms. The lowest BCUT2D eigenvalue weighted by molar-refractivity contribution is -0.127. The van der Waals surface area contributed by atoms with Crippen molar-refractivity contribution in [3.8, 4) is 0 Å². The Labute approximate surface area is 128 Å². The standard InChI is InChI=1S/C16H19N3O3/c1-10-18-13-8-12(6-7-14(13)22-10)19-15(20)9-17-16(21)11-4-2-3-5-11/h6-8,11H,2-5,9H2,1H3,(H,17,21)(H,19,20). The van der Waals surface area contributed by atoms with E-state index in [9.17, 15) is 9.59 Å². The molecule has 0 bridgehead atoms. The second-order valence-corrected chi connectivity index (χ2v) is 5.66. The molecule has 1 aromatic heterocycles. The Morgan fingerprint density at radius 3 is 2.86 bits per heavy atom. The van der Waals surface area contributed by atoms with Crippen molar-refractivity contribution >= 4 is 28.6 Å². The maximum Gasteiger partial charge on any atom is 0.243 e. The number of hydrogen-bond donors (Lipinski definition) is 2. The summed E-state index contributed by atoms with van der Waals surface area (Å²) in [5, 5.41) is 5.45. The number of fused-ring (bicyclic) bond motifs is 1. The maximum atomic E-state index is 11.9. The van der Waals surface area contributed by atoms with Gasteiger partial charge in [0.25, 0.3) is 0 Å². The number of carbonyl (C=O) groups is 2. The number of hydrogen-bond acceptors (Lipinski definition) is 4. The van der Waals surface area contributed by atoms with Crippen LogP contribution >= 0.6 is 0 Å². The van der Waals surface area contributed by atoms with Gasteiger partial charge in [0.2, 0.25) is 11.8 Å². The van der Waals surface area contributed by atoms with Crippen LogP contribution in [0.25, 0.3) is 11.1 Å². The highest BCUT2D eigenvalue weighted by Crippen LogP contribution is 2.24. The average molecular weight is 301 g/mol. The van der Waals surface area contributed by atoms with E-state index < -0.39 is 0 Å². The Kier molecular flexibility index (Phi) is 4.09. The van der Waals surface area contributed by atoms with Crippen LogP contribution in [0.3, 0.4) is 0 Å². The van der Waals surface area contributed by atoms with Crippen molar-refractivity contribution in [2.45, 2.75) is 32.6 Å². The van der Waals surface area contributed by atoms with E-state index in [0.29, 0.717) is 22.7 Å². The van der Waals surface area contributed by atoms with Crippen LogP contribution in [0.15, 0.2) is 22.6 Å². The molecular formula is C16H19N3O3. The van der Waals surface area contributed by atoms with E-state index in [-0.39, 0.29) is 24.3 Å². The maximum absolute atomic E-state index is 11.9. The zero-order chi connectivity index (χ0) is 15.5. The van der Waals surface area contributed by atoms with Gasteiger partial charge >= 0.3 is 0 Å². The van der Waals surface area contributed by atoms with Crippen LogP contribution in [-0.4, -0.2) is 23.3 Å². The zero-order valence-corrected chi connectivity index (χ0v) is 12.5. The summed E-state index contributed by atoms with van der Waals surface area (Å²) in [7, 11) is 0. The summed E-state index contributed by atoms with van der Waals surface area (Å²) in [6.45, 7) is 1.77. The number of oxazole rings is 1. The summed E-state index contributed by atoms with van der Waals surface area (Å²) in [6, 6.07) is 5.27. The van der Waals surface area contributed by atoms with Gasteiger partial charge in [-0.1, -0.05) is 12.8 Å². The van der Waals surface area contributed by atoms with Gasteiger partial charge in [-0.25, -0.2) is 4.98 Å². The third-order valence-electron chi connectivity index (χ3n) is 3.93. The van der Waals surface area contributed by atoms with Gasteiger partial charge in [-0.2, -0.15) is 0 Å². The molecule has 0 unspecified atom stereocenters. The van der Waals surface area contributed by atoms with Crippen molar-refractivity contribution in [1.29, 1.82) is 0 Å². The van der Waals surface area contributed by atoms with E-state index in [1.807, 2.05) is 0 Å². The molecule has 0 aliphatic heterocycles. The fraction of sp³-hybridized carbons (Fsp3) is 0.438. The minimum atomic E-state index is -0.245. The number of benzene rings is 1. The second-order valence-electron chi connectivity index (χ2n) is 5.66. The fourth-order valence-corrected chi connectivity index (χ4v) is 2.83. The van der Waals surface area contributed by atoms with Gasteiger partial charge in [0, 0.05) is 18.5 Å². The lowest BCUT2D eigenvalue weighted by Gasteiger charge is -2.10. The summed E-state index contributed by atoms with van der Waals surface area (Å²) in [4.78, 5) is 28.0. The number of rotatable bonds is 4. The molecular weight excluding hydrogens is 282 g/mol. The molecule has 1 saturated carbocycles. The molecule has 0 saturated heterocycles. The third kappa shape index (κ3) is 3.27. The molecule has 6 nitrogen and oxygen atoms in total. The molecule has 0 atom stereocenters. The molecule has 3 rings (SSSR count). The predicted octanol–water partition coefficient (Wildman–Crippen LogP) is 2.38. The number of anilines is 1. The molecule has 1 aliphatic carbocycles. The first-order chi connectivity index (χ1) is 10.6. The first kappa shape index (κ1) is 14.6. The highest BCUT2D eigenvalue weighted by molar-refractivity contribution is 5.96. The Hall–Kier alpha value is -2.37. The van der Waals surface area contributed by atoms with E-state index >= 15 is 0 Å². The number of aromatic nitrogens is 1. The zero-order valence-electron chi connectivity index (χ0n) is 12.5. The number of nitrogens with zero attached hydrogens (tertiary/aromatic N) is 1. The first-order valence-electron chi connectivity index (χ1n) is 7.56. The van der Waals surface area contributed by atoms with Crippen molar-refractivity contribution in [1.82, 2.24) is 10.3 Å². The summed E-state index contributed by atoms with van der Waals surface area (Å²) in [5.74, 6) is 0.394. The van der Waals surface area contributed by atoms with Crippen LogP contribution in [-0.2, 0) is 9.59 Å². The number of amides is 2. The lowest BCUT2D eigenvalue weighted by Crippen LogP contribution is -2.36. The molecule has 1 aliphatic rings. The topological polar surface area (TPSA) is 84.2 Å². The first-order valence-corrected chi connectivity index (χ1v) is 7.56. The molecule has 2 aromatic rings. The van der Waals surface area contributed by atoms with E-state index in [0.717, 1.165) is 25.7 Å². The lowest BCUT2D eigenvalue weighted by atomic mass is 10.1. The van der Waals surface area contributed by atoms with Gasteiger partial charge in [-0.3, -0.25) is 9.59 Å². The molecule has 1 fully saturated rings. The number of aryl methyl sites for hydroxylation is 1. The smallest absolute Gasteiger partial charge is 0.243 e. The predicted molar refractivity (Wildman–Crippen MR) is 82.3 cm³/mol. The van der Waals surface area contributed by atoms with Crippen LogP contribution in [0.1, 0.15) is 31.6 Å². The summed E-state index contributed by atoms with van der Waals surface area (Å²) < 4.78 is 5.38. The average Bonchev–Trinajstić information content (AvgIpc) is 3.12. The van der Waals surface area contributed by atoms with Crippen molar-refractivity contribution in [2.75, 3.05) is 11.9 Å². The molecule has 2 N–H and O–H groups in total. The number of nitrogens with one attached hydrogen (secondary N) is 2. The van der Waals surface area contributed by atoms with Gasteiger partial charge < -0.3 is 15.1 Å². The Morgan fingerprint density at radius 1 is 1.32 bits per heavy atom. The summed E-state index contributed by atoms with van der Waals surface area (Å²) in [6.07, 6.45) is 4.05. The SMILES string of the molecule is Cc1nc2cc(NC(=O)CNC(=O)C3CCCC3)ccc2o1. The van der Waals surface area contributed by atoms with Crippen molar-refractivity contribution in [3.05, 3.63) is 24.1 Å². The van der Waals surface area contributed by atoms with E-state index in [1.165, 1.54) is 0 Å². The highest BCUT2D eigenvalue weighted by Gasteiger charge is 2.22. The van der Waals surface area contributed by atoms with Crippen LogP contribution in [0.2, 0.25) is 0 Å². The Morgan fingerprint density at radius 2 is 2.09 bits per heavy atom. The van der Waals surface area contributed by atoms with E-state index in [4.69, 9.17) is 4.42 Å². The normalized spacial score (nSPS) is 15.1. The third-order valence-corrected chi connectivity index (χ3v) is 3.93. The molecule has 116 valence electrons. The Balaban J connectivity index is 1.54. The molecule has 0 radical (unpaired) electrons. The van der Waals surface area contributed by atoms with Gasteiger partial charge in [0.15, 0.2) is 11.5 Å². The van der Waals surface area contributed by atoms with Crippen LogP contribution < -0.4 is 10.6 Å². The van der Waals surface area contributed by atoms with Gasteiger partial charge in [-0.05, 0) is 31.0 Å².